The maximum atomic E-state index is 12.3. The van der Waals surface area contributed by atoms with Crippen LogP contribution in [0.15, 0.2) is 12.4 Å². The number of rotatable bonds is 6. The van der Waals surface area contributed by atoms with E-state index in [0.717, 1.165) is 24.5 Å². The van der Waals surface area contributed by atoms with Gasteiger partial charge in [-0.2, -0.15) is 5.10 Å². The van der Waals surface area contributed by atoms with Crippen LogP contribution in [-0.4, -0.2) is 53.9 Å². The van der Waals surface area contributed by atoms with Crippen molar-refractivity contribution in [2.75, 3.05) is 13.1 Å². The average Bonchev–Trinajstić information content (AvgIpc) is 3.10. The van der Waals surface area contributed by atoms with Gasteiger partial charge in [-0.1, -0.05) is 12.8 Å². The number of carbonyl (C=O) groups is 1. The molecule has 136 valence electrons. The van der Waals surface area contributed by atoms with E-state index < -0.39 is 0 Å². The Morgan fingerprint density at radius 1 is 1.28 bits per heavy atom. The topological polar surface area (TPSA) is 93.8 Å². The van der Waals surface area contributed by atoms with E-state index in [1.807, 2.05) is 20.2 Å². The zero-order valence-corrected chi connectivity index (χ0v) is 14.9. The lowest BCUT2D eigenvalue weighted by Gasteiger charge is -2.19. The highest BCUT2D eigenvalue weighted by molar-refractivity contribution is 5.76. The molecule has 0 aliphatic carbocycles. The van der Waals surface area contributed by atoms with Crippen molar-refractivity contribution < 1.29 is 4.79 Å². The molecule has 25 heavy (non-hydrogen) atoms. The molecule has 1 amide bonds. The van der Waals surface area contributed by atoms with E-state index in [2.05, 4.69) is 30.8 Å². The molecule has 1 aliphatic rings. The van der Waals surface area contributed by atoms with Crippen LogP contribution in [0.5, 0.6) is 0 Å². The Morgan fingerprint density at radius 3 is 2.72 bits per heavy atom. The van der Waals surface area contributed by atoms with Crippen molar-refractivity contribution >= 4 is 5.91 Å². The van der Waals surface area contributed by atoms with Gasteiger partial charge in [0.2, 0.25) is 5.91 Å². The number of aryl methyl sites for hydroxylation is 1. The second-order valence-electron chi connectivity index (χ2n) is 6.68. The first-order valence-corrected chi connectivity index (χ1v) is 8.87. The quantitative estimate of drug-likeness (QED) is 0.826. The van der Waals surface area contributed by atoms with E-state index in [4.69, 9.17) is 0 Å². The maximum Gasteiger partial charge on any atom is 0.242 e. The number of aromatic nitrogens is 6. The summed E-state index contributed by atoms with van der Waals surface area (Å²) in [6.45, 7) is 4.89. The van der Waals surface area contributed by atoms with Crippen LogP contribution in [0.2, 0.25) is 0 Å². The highest BCUT2D eigenvalue weighted by atomic mass is 16.2. The maximum absolute atomic E-state index is 12.3. The third-order valence-electron chi connectivity index (χ3n) is 4.57. The standard InChI is InChI=1S/C16H26N8O/c1-13(14-9-17-22(2)10-14)18-16(25)12-24-15(19-20-21-24)11-23-7-5-3-4-6-8-23/h9-10,13H,3-8,11-12H2,1-2H3,(H,18,25). The summed E-state index contributed by atoms with van der Waals surface area (Å²) in [6.07, 6.45) is 8.65. The Morgan fingerprint density at radius 2 is 2.04 bits per heavy atom. The molecule has 1 saturated heterocycles. The molecule has 9 heteroatoms. The molecule has 1 aliphatic heterocycles. The number of carbonyl (C=O) groups excluding carboxylic acids is 1. The molecule has 1 atom stereocenters. The normalized spacial score (nSPS) is 17.2. The van der Waals surface area contributed by atoms with Crippen LogP contribution in [0.1, 0.15) is 50.0 Å². The fourth-order valence-corrected chi connectivity index (χ4v) is 3.12. The number of amides is 1. The third-order valence-corrected chi connectivity index (χ3v) is 4.57. The Kier molecular flexibility index (Phi) is 5.75. The van der Waals surface area contributed by atoms with Crippen molar-refractivity contribution in [1.29, 1.82) is 0 Å². The van der Waals surface area contributed by atoms with Gasteiger partial charge in [0.05, 0.1) is 18.8 Å². The lowest BCUT2D eigenvalue weighted by molar-refractivity contribution is -0.122. The fraction of sp³-hybridized carbons (Fsp3) is 0.688. The summed E-state index contributed by atoms with van der Waals surface area (Å²) in [5.74, 6) is 0.631. The zero-order chi connectivity index (χ0) is 17.6. The number of hydrogen-bond acceptors (Lipinski definition) is 6. The first-order chi connectivity index (χ1) is 12.1. The fourth-order valence-electron chi connectivity index (χ4n) is 3.12. The van der Waals surface area contributed by atoms with Crippen molar-refractivity contribution in [3.8, 4) is 0 Å². The largest absolute Gasteiger partial charge is 0.348 e. The van der Waals surface area contributed by atoms with Gasteiger partial charge >= 0.3 is 0 Å². The van der Waals surface area contributed by atoms with Crippen LogP contribution >= 0.6 is 0 Å². The molecule has 1 unspecified atom stereocenters. The Hall–Kier alpha value is -2.29. The summed E-state index contributed by atoms with van der Waals surface area (Å²) >= 11 is 0. The lowest BCUT2D eigenvalue weighted by Crippen LogP contribution is -2.32. The van der Waals surface area contributed by atoms with Crippen molar-refractivity contribution in [1.82, 2.24) is 40.2 Å². The molecule has 9 nitrogen and oxygen atoms in total. The predicted molar refractivity (Wildman–Crippen MR) is 91.3 cm³/mol. The van der Waals surface area contributed by atoms with Crippen molar-refractivity contribution in [2.45, 2.75) is 51.7 Å². The van der Waals surface area contributed by atoms with Crippen LogP contribution in [0.25, 0.3) is 0 Å². The summed E-state index contributed by atoms with van der Waals surface area (Å²) in [4.78, 5) is 14.7. The van der Waals surface area contributed by atoms with E-state index >= 15 is 0 Å². The average molecular weight is 346 g/mol. The van der Waals surface area contributed by atoms with Crippen LogP contribution in [0, 0.1) is 0 Å². The smallest absolute Gasteiger partial charge is 0.242 e. The summed E-state index contributed by atoms with van der Waals surface area (Å²) in [7, 11) is 1.86. The van der Waals surface area contributed by atoms with Crippen molar-refractivity contribution in [2.24, 2.45) is 7.05 Å². The van der Waals surface area contributed by atoms with Gasteiger partial charge in [-0.15, -0.1) is 5.10 Å². The van der Waals surface area contributed by atoms with Gasteiger partial charge in [-0.3, -0.25) is 14.4 Å². The summed E-state index contributed by atoms with van der Waals surface area (Å²) in [5.41, 5.74) is 0.970. The van der Waals surface area contributed by atoms with E-state index in [1.165, 1.54) is 25.7 Å². The minimum absolute atomic E-state index is 0.105. The van der Waals surface area contributed by atoms with Crippen LogP contribution in [-0.2, 0) is 24.9 Å². The van der Waals surface area contributed by atoms with Crippen LogP contribution in [0.3, 0.4) is 0 Å². The molecule has 2 aromatic rings. The second kappa shape index (κ2) is 8.19. The van der Waals surface area contributed by atoms with Crippen LogP contribution in [0.4, 0.5) is 0 Å². The number of likely N-dealkylation sites (tertiary alicyclic amines) is 1. The highest BCUT2D eigenvalue weighted by Crippen LogP contribution is 2.12. The predicted octanol–water partition coefficient (Wildman–Crippen LogP) is 0.660. The molecular weight excluding hydrogens is 320 g/mol. The molecular formula is C16H26N8O. The molecule has 0 aromatic carbocycles. The SMILES string of the molecule is CC(NC(=O)Cn1nnnc1CN1CCCCCC1)c1cnn(C)c1. The van der Waals surface area contributed by atoms with Gasteiger partial charge in [-0.05, 0) is 43.3 Å². The van der Waals surface area contributed by atoms with E-state index in [1.54, 1.807) is 15.6 Å². The second-order valence-corrected chi connectivity index (χ2v) is 6.68. The Bertz CT molecular complexity index is 686. The van der Waals surface area contributed by atoms with Gasteiger partial charge in [0, 0.05) is 18.8 Å². The van der Waals surface area contributed by atoms with E-state index in [0.29, 0.717) is 6.54 Å². The molecule has 3 heterocycles. The first-order valence-electron chi connectivity index (χ1n) is 8.87. The van der Waals surface area contributed by atoms with Crippen molar-refractivity contribution in [3.63, 3.8) is 0 Å². The van der Waals surface area contributed by atoms with Gasteiger partial charge in [0.25, 0.3) is 0 Å². The molecule has 2 aromatic heterocycles. The summed E-state index contributed by atoms with van der Waals surface area (Å²) in [5, 5.41) is 18.9. The third kappa shape index (κ3) is 4.85. The summed E-state index contributed by atoms with van der Waals surface area (Å²) in [6, 6.07) is -0.105. The molecule has 0 saturated carbocycles. The van der Waals surface area contributed by atoms with Crippen LogP contribution < -0.4 is 5.32 Å². The van der Waals surface area contributed by atoms with E-state index in [-0.39, 0.29) is 18.5 Å². The summed E-state index contributed by atoms with van der Waals surface area (Å²) < 4.78 is 3.31. The van der Waals surface area contributed by atoms with Crippen molar-refractivity contribution in [3.05, 3.63) is 23.8 Å². The Labute approximate surface area is 147 Å². The minimum Gasteiger partial charge on any atom is -0.348 e. The van der Waals surface area contributed by atoms with E-state index in [9.17, 15) is 4.79 Å². The number of nitrogens with zero attached hydrogens (tertiary/aromatic N) is 7. The molecule has 0 bridgehead atoms. The number of hydrogen-bond donors (Lipinski definition) is 1. The van der Waals surface area contributed by atoms with Gasteiger partial charge in [0.1, 0.15) is 6.54 Å². The highest BCUT2D eigenvalue weighted by Gasteiger charge is 2.17. The lowest BCUT2D eigenvalue weighted by atomic mass is 10.2. The number of tetrazole rings is 1. The molecule has 0 spiro atoms. The Balaban J connectivity index is 1.55. The monoisotopic (exact) mass is 346 g/mol. The minimum atomic E-state index is -0.110. The van der Waals surface area contributed by atoms with Gasteiger partial charge in [0.15, 0.2) is 5.82 Å². The molecule has 0 radical (unpaired) electrons. The molecule has 1 N–H and O–H groups in total. The molecule has 1 fully saturated rings. The number of nitrogens with one attached hydrogen (secondary N) is 1. The first kappa shape index (κ1) is 17.5. The molecule has 3 rings (SSSR count). The zero-order valence-electron chi connectivity index (χ0n) is 14.9. The van der Waals surface area contributed by atoms with Gasteiger partial charge < -0.3 is 5.32 Å². The van der Waals surface area contributed by atoms with Gasteiger partial charge in [-0.25, -0.2) is 4.68 Å².